The third kappa shape index (κ3) is 5.91. The quantitative estimate of drug-likeness (QED) is 0.693. The fourth-order valence-electron chi connectivity index (χ4n) is 5.64. The maximum Gasteiger partial charge on any atom is 0.225 e. The molecule has 0 aromatic carbocycles. The first kappa shape index (κ1) is 23.3. The summed E-state index contributed by atoms with van der Waals surface area (Å²) in [6.07, 6.45) is 12.5. The van der Waals surface area contributed by atoms with Gasteiger partial charge in [-0.05, 0) is 44.6 Å². The summed E-state index contributed by atoms with van der Waals surface area (Å²) in [4.78, 5) is 29.3. The second kappa shape index (κ2) is 11.3. The average Bonchev–Trinajstić information content (AvgIpc) is 3.11. The number of carbonyl (C=O) groups excluding carboxylic acids is 1. The van der Waals surface area contributed by atoms with Crippen LogP contribution in [0.25, 0.3) is 0 Å². The van der Waals surface area contributed by atoms with Crippen molar-refractivity contribution in [2.24, 2.45) is 5.92 Å². The first-order valence-corrected chi connectivity index (χ1v) is 13.0. The van der Waals surface area contributed by atoms with E-state index in [2.05, 4.69) is 38.8 Å². The van der Waals surface area contributed by atoms with Gasteiger partial charge in [-0.25, -0.2) is 4.98 Å². The Kier molecular flexibility index (Phi) is 8.22. The molecule has 4 heterocycles. The van der Waals surface area contributed by atoms with E-state index < -0.39 is 0 Å². The lowest BCUT2D eigenvalue weighted by Gasteiger charge is -2.38. The Morgan fingerprint density at radius 3 is 2.69 bits per heavy atom. The first-order valence-electron chi connectivity index (χ1n) is 13.0. The van der Waals surface area contributed by atoms with Gasteiger partial charge in [-0.15, -0.1) is 0 Å². The Morgan fingerprint density at radius 1 is 1.09 bits per heavy atom. The van der Waals surface area contributed by atoms with Crippen LogP contribution in [0.15, 0.2) is 12.3 Å². The van der Waals surface area contributed by atoms with Crippen LogP contribution in [0, 0.1) is 5.92 Å². The number of piperidine rings is 1. The highest BCUT2D eigenvalue weighted by atomic mass is 16.2. The topological polar surface area (TPSA) is 64.6 Å². The molecule has 4 rings (SSSR count). The molecule has 0 spiro atoms. The van der Waals surface area contributed by atoms with E-state index in [0.717, 1.165) is 76.7 Å². The molecule has 7 nitrogen and oxygen atoms in total. The molecule has 3 fully saturated rings. The normalized spacial score (nSPS) is 26.1. The minimum absolute atomic E-state index is 0.153. The molecular formula is C25H42N6O. The molecule has 0 saturated carbocycles. The van der Waals surface area contributed by atoms with Crippen molar-refractivity contribution in [2.75, 3.05) is 49.5 Å². The molecule has 3 aliphatic heterocycles. The first-order chi connectivity index (χ1) is 15.6. The zero-order valence-electron chi connectivity index (χ0n) is 20.1. The molecule has 1 N–H and O–H groups in total. The van der Waals surface area contributed by atoms with Crippen LogP contribution in [-0.2, 0) is 4.79 Å². The Bertz CT molecular complexity index is 735. The van der Waals surface area contributed by atoms with Crippen LogP contribution < -0.4 is 10.2 Å². The highest BCUT2D eigenvalue weighted by Gasteiger charge is 2.33. The minimum atomic E-state index is 0.153. The van der Waals surface area contributed by atoms with E-state index in [1.807, 2.05) is 12.3 Å². The molecule has 1 aromatic rings. The molecule has 7 heteroatoms. The van der Waals surface area contributed by atoms with Gasteiger partial charge in [-0.3, -0.25) is 9.69 Å². The second-order valence-corrected chi connectivity index (χ2v) is 10.0. The lowest BCUT2D eigenvalue weighted by Crippen LogP contribution is -2.50. The summed E-state index contributed by atoms with van der Waals surface area (Å²) >= 11 is 0. The molecule has 178 valence electrons. The number of carbonyl (C=O) groups is 1. The summed E-state index contributed by atoms with van der Waals surface area (Å²) in [7, 11) is 0. The predicted octanol–water partition coefficient (Wildman–Crippen LogP) is 3.77. The van der Waals surface area contributed by atoms with E-state index in [1.54, 1.807) is 0 Å². The van der Waals surface area contributed by atoms with Crippen molar-refractivity contribution in [1.82, 2.24) is 19.8 Å². The number of aromatic nitrogens is 2. The Balaban J connectivity index is 1.30. The van der Waals surface area contributed by atoms with Gasteiger partial charge < -0.3 is 15.1 Å². The number of hydrogen-bond acceptors (Lipinski definition) is 6. The van der Waals surface area contributed by atoms with E-state index in [9.17, 15) is 4.79 Å². The summed E-state index contributed by atoms with van der Waals surface area (Å²) in [6, 6.07) is 2.90. The average molecular weight is 443 g/mol. The molecule has 1 amide bonds. The molecule has 3 atom stereocenters. The van der Waals surface area contributed by atoms with Crippen molar-refractivity contribution >= 4 is 17.7 Å². The van der Waals surface area contributed by atoms with E-state index in [-0.39, 0.29) is 5.92 Å². The summed E-state index contributed by atoms with van der Waals surface area (Å²) < 4.78 is 0. The van der Waals surface area contributed by atoms with E-state index in [1.165, 1.54) is 32.1 Å². The summed E-state index contributed by atoms with van der Waals surface area (Å²) in [5, 5.41) is 3.60. The zero-order valence-corrected chi connectivity index (χ0v) is 20.1. The smallest absolute Gasteiger partial charge is 0.225 e. The van der Waals surface area contributed by atoms with Crippen LogP contribution in [0.3, 0.4) is 0 Å². The van der Waals surface area contributed by atoms with Gasteiger partial charge in [0, 0.05) is 63.5 Å². The summed E-state index contributed by atoms with van der Waals surface area (Å²) in [6.45, 7) is 10.4. The maximum atomic E-state index is 12.8. The van der Waals surface area contributed by atoms with Crippen LogP contribution in [-0.4, -0.2) is 77.0 Å². The van der Waals surface area contributed by atoms with E-state index >= 15 is 0 Å². The second-order valence-electron chi connectivity index (χ2n) is 10.0. The van der Waals surface area contributed by atoms with Gasteiger partial charge in [-0.2, -0.15) is 4.98 Å². The van der Waals surface area contributed by atoms with Gasteiger partial charge in [-0.1, -0.05) is 33.1 Å². The fourth-order valence-corrected chi connectivity index (χ4v) is 5.64. The van der Waals surface area contributed by atoms with Crippen molar-refractivity contribution in [2.45, 2.75) is 83.7 Å². The summed E-state index contributed by atoms with van der Waals surface area (Å²) in [5.74, 6) is 2.32. The Labute approximate surface area is 194 Å². The number of anilines is 2. The van der Waals surface area contributed by atoms with Crippen molar-refractivity contribution in [3.63, 3.8) is 0 Å². The van der Waals surface area contributed by atoms with Crippen LogP contribution in [0.4, 0.5) is 11.8 Å². The number of rotatable bonds is 7. The number of nitrogens with one attached hydrogen (secondary N) is 1. The van der Waals surface area contributed by atoms with Crippen molar-refractivity contribution in [3.05, 3.63) is 12.3 Å². The van der Waals surface area contributed by atoms with Crippen LogP contribution >= 0.6 is 0 Å². The van der Waals surface area contributed by atoms with E-state index in [4.69, 9.17) is 4.98 Å². The summed E-state index contributed by atoms with van der Waals surface area (Å²) in [5.41, 5.74) is 0. The van der Waals surface area contributed by atoms with Crippen molar-refractivity contribution in [3.8, 4) is 0 Å². The molecule has 3 saturated heterocycles. The van der Waals surface area contributed by atoms with Crippen LogP contribution in [0.2, 0.25) is 0 Å². The zero-order chi connectivity index (χ0) is 22.3. The number of hydrogen-bond donors (Lipinski definition) is 1. The lowest BCUT2D eigenvalue weighted by atomic mass is 10.00. The monoisotopic (exact) mass is 442 g/mol. The highest BCUT2D eigenvalue weighted by Crippen LogP contribution is 2.24. The number of amides is 1. The molecule has 3 unspecified atom stereocenters. The van der Waals surface area contributed by atoms with Gasteiger partial charge in [0.05, 0.1) is 0 Å². The molecule has 0 aliphatic carbocycles. The highest BCUT2D eigenvalue weighted by molar-refractivity contribution is 5.78. The molecule has 32 heavy (non-hydrogen) atoms. The number of nitrogens with zero attached hydrogens (tertiary/aromatic N) is 5. The Morgan fingerprint density at radius 2 is 1.91 bits per heavy atom. The van der Waals surface area contributed by atoms with Crippen LogP contribution in [0.1, 0.15) is 71.6 Å². The fraction of sp³-hybridized carbons (Fsp3) is 0.800. The van der Waals surface area contributed by atoms with Gasteiger partial charge >= 0.3 is 0 Å². The van der Waals surface area contributed by atoms with Crippen molar-refractivity contribution in [1.29, 1.82) is 0 Å². The lowest BCUT2D eigenvalue weighted by molar-refractivity contribution is -0.137. The third-order valence-electron chi connectivity index (χ3n) is 7.49. The Hall–Kier alpha value is -1.89. The molecule has 1 aromatic heterocycles. The molecular weight excluding hydrogens is 400 g/mol. The predicted molar refractivity (Wildman–Crippen MR) is 130 cm³/mol. The van der Waals surface area contributed by atoms with Gasteiger partial charge in [0.2, 0.25) is 11.9 Å². The molecule has 0 bridgehead atoms. The molecule has 0 radical (unpaired) electrons. The SMILES string of the molecule is CCCC(C)C(=O)N1CCCC(N2CCC(Nc3nccc(N4CCCCCC4)n3)C2)C1. The molecule has 3 aliphatic rings. The van der Waals surface area contributed by atoms with Gasteiger partial charge in [0.1, 0.15) is 5.82 Å². The van der Waals surface area contributed by atoms with Gasteiger partial charge in [0.25, 0.3) is 0 Å². The third-order valence-corrected chi connectivity index (χ3v) is 7.49. The van der Waals surface area contributed by atoms with Crippen LogP contribution in [0.5, 0.6) is 0 Å². The van der Waals surface area contributed by atoms with E-state index in [0.29, 0.717) is 18.0 Å². The standard InChI is InChI=1S/C25H42N6O/c1-3-9-20(2)24(32)31-16-8-10-22(19-31)30-17-12-21(18-30)27-25-26-13-11-23(28-25)29-14-6-4-5-7-15-29/h11,13,20-22H,3-10,12,14-19H2,1-2H3,(H,26,27,28). The minimum Gasteiger partial charge on any atom is -0.356 e. The van der Waals surface area contributed by atoms with Crippen molar-refractivity contribution < 1.29 is 4.79 Å². The number of likely N-dealkylation sites (tertiary alicyclic amines) is 2. The largest absolute Gasteiger partial charge is 0.356 e. The maximum absolute atomic E-state index is 12.8. The van der Waals surface area contributed by atoms with Gasteiger partial charge in [0.15, 0.2) is 0 Å².